The van der Waals surface area contributed by atoms with E-state index in [1.54, 1.807) is 7.11 Å². The SMILES string of the molecule is COc1ccccc1OCCN1CCCC(C(=N)N)C1. The van der Waals surface area contributed by atoms with Crippen LogP contribution in [0.2, 0.25) is 0 Å². The molecule has 2 rings (SSSR count). The Kier molecular flexibility index (Phi) is 5.24. The molecule has 1 aliphatic rings. The maximum absolute atomic E-state index is 7.55. The van der Waals surface area contributed by atoms with Crippen molar-refractivity contribution in [2.45, 2.75) is 12.8 Å². The van der Waals surface area contributed by atoms with E-state index in [4.69, 9.17) is 20.6 Å². The average molecular weight is 277 g/mol. The molecule has 1 aliphatic heterocycles. The van der Waals surface area contributed by atoms with Crippen molar-refractivity contribution in [3.63, 3.8) is 0 Å². The van der Waals surface area contributed by atoms with E-state index >= 15 is 0 Å². The van der Waals surface area contributed by atoms with Gasteiger partial charge in [-0.15, -0.1) is 0 Å². The van der Waals surface area contributed by atoms with Crippen molar-refractivity contribution in [2.24, 2.45) is 11.7 Å². The molecule has 1 fully saturated rings. The van der Waals surface area contributed by atoms with Crippen LogP contribution in [0.25, 0.3) is 0 Å². The Morgan fingerprint density at radius 1 is 1.40 bits per heavy atom. The lowest BCUT2D eigenvalue weighted by Crippen LogP contribution is -2.42. The standard InChI is InChI=1S/C15H23N3O2/c1-19-13-6-2-3-7-14(13)20-10-9-18-8-4-5-12(11-18)15(16)17/h2-3,6-7,12H,4-5,8-11H2,1H3,(H3,16,17). The number of amidine groups is 1. The lowest BCUT2D eigenvalue weighted by atomic mass is 9.97. The summed E-state index contributed by atoms with van der Waals surface area (Å²) >= 11 is 0. The van der Waals surface area contributed by atoms with Gasteiger partial charge in [-0.05, 0) is 31.5 Å². The Bertz CT molecular complexity index is 450. The number of nitrogens with one attached hydrogen (secondary N) is 1. The number of ether oxygens (including phenoxy) is 2. The van der Waals surface area contributed by atoms with Crippen molar-refractivity contribution in [2.75, 3.05) is 33.4 Å². The summed E-state index contributed by atoms with van der Waals surface area (Å²) in [5, 5.41) is 7.55. The van der Waals surface area contributed by atoms with E-state index in [0.29, 0.717) is 12.4 Å². The van der Waals surface area contributed by atoms with Gasteiger partial charge in [0, 0.05) is 19.0 Å². The summed E-state index contributed by atoms with van der Waals surface area (Å²) in [6.07, 6.45) is 2.12. The van der Waals surface area contributed by atoms with Crippen molar-refractivity contribution in [3.05, 3.63) is 24.3 Å². The Balaban J connectivity index is 1.79. The highest BCUT2D eigenvalue weighted by atomic mass is 16.5. The van der Waals surface area contributed by atoms with E-state index < -0.39 is 0 Å². The molecule has 1 atom stereocenters. The molecule has 0 radical (unpaired) electrons. The second-order valence-electron chi connectivity index (χ2n) is 5.09. The molecular formula is C15H23N3O2. The van der Waals surface area contributed by atoms with Gasteiger partial charge in [0.25, 0.3) is 0 Å². The predicted octanol–water partition coefficient (Wildman–Crippen LogP) is 1.72. The van der Waals surface area contributed by atoms with E-state index in [2.05, 4.69) is 4.90 Å². The zero-order chi connectivity index (χ0) is 14.4. The van der Waals surface area contributed by atoms with Gasteiger partial charge in [-0.3, -0.25) is 10.3 Å². The summed E-state index contributed by atoms with van der Waals surface area (Å²) in [6.45, 7) is 3.39. The van der Waals surface area contributed by atoms with Crippen molar-refractivity contribution in [1.29, 1.82) is 5.41 Å². The van der Waals surface area contributed by atoms with Crippen LogP contribution in [0.1, 0.15) is 12.8 Å². The van der Waals surface area contributed by atoms with E-state index in [-0.39, 0.29) is 5.92 Å². The molecule has 20 heavy (non-hydrogen) atoms. The summed E-state index contributed by atoms with van der Waals surface area (Å²) in [5.41, 5.74) is 5.60. The van der Waals surface area contributed by atoms with Gasteiger partial charge in [0.1, 0.15) is 6.61 Å². The third-order valence-corrected chi connectivity index (χ3v) is 3.68. The van der Waals surface area contributed by atoms with Crippen LogP contribution in [-0.2, 0) is 0 Å². The highest BCUT2D eigenvalue weighted by molar-refractivity contribution is 5.79. The summed E-state index contributed by atoms with van der Waals surface area (Å²) < 4.78 is 11.0. The molecule has 5 heteroatoms. The van der Waals surface area contributed by atoms with Gasteiger partial charge in [-0.2, -0.15) is 0 Å². The van der Waals surface area contributed by atoms with Gasteiger partial charge in [-0.1, -0.05) is 12.1 Å². The minimum atomic E-state index is 0.204. The maximum atomic E-state index is 7.55. The second kappa shape index (κ2) is 7.14. The topological polar surface area (TPSA) is 71.6 Å². The van der Waals surface area contributed by atoms with Crippen molar-refractivity contribution < 1.29 is 9.47 Å². The number of benzene rings is 1. The fraction of sp³-hybridized carbons (Fsp3) is 0.533. The molecule has 1 aromatic carbocycles. The van der Waals surface area contributed by atoms with Crippen LogP contribution in [0.15, 0.2) is 24.3 Å². The van der Waals surface area contributed by atoms with Crippen LogP contribution < -0.4 is 15.2 Å². The number of para-hydroxylation sites is 2. The summed E-state index contributed by atoms with van der Waals surface area (Å²) in [5.74, 6) is 2.04. The van der Waals surface area contributed by atoms with E-state index in [0.717, 1.165) is 44.0 Å². The molecule has 0 aliphatic carbocycles. The van der Waals surface area contributed by atoms with Crippen LogP contribution in [0.3, 0.4) is 0 Å². The summed E-state index contributed by atoms with van der Waals surface area (Å²) in [4.78, 5) is 2.31. The van der Waals surface area contributed by atoms with E-state index in [1.807, 2.05) is 24.3 Å². The molecule has 1 unspecified atom stereocenters. The van der Waals surface area contributed by atoms with Gasteiger partial charge in [0.15, 0.2) is 11.5 Å². The number of methoxy groups -OCH3 is 1. The fourth-order valence-electron chi connectivity index (χ4n) is 2.54. The van der Waals surface area contributed by atoms with Crippen molar-refractivity contribution in [1.82, 2.24) is 4.90 Å². The molecule has 1 saturated heterocycles. The van der Waals surface area contributed by atoms with Gasteiger partial charge < -0.3 is 15.2 Å². The van der Waals surface area contributed by atoms with E-state index in [1.165, 1.54) is 0 Å². The quantitative estimate of drug-likeness (QED) is 0.613. The number of piperidine rings is 1. The summed E-state index contributed by atoms with van der Waals surface area (Å²) in [7, 11) is 1.64. The molecule has 5 nitrogen and oxygen atoms in total. The molecular weight excluding hydrogens is 254 g/mol. The lowest BCUT2D eigenvalue weighted by Gasteiger charge is -2.31. The zero-order valence-electron chi connectivity index (χ0n) is 12.0. The number of nitrogens with zero attached hydrogens (tertiary/aromatic N) is 1. The minimum absolute atomic E-state index is 0.204. The number of nitrogens with two attached hydrogens (primary N) is 1. The highest BCUT2D eigenvalue weighted by Crippen LogP contribution is 2.25. The number of hydrogen-bond donors (Lipinski definition) is 2. The fourth-order valence-corrected chi connectivity index (χ4v) is 2.54. The molecule has 0 amide bonds. The highest BCUT2D eigenvalue weighted by Gasteiger charge is 2.21. The third-order valence-electron chi connectivity index (χ3n) is 3.68. The first-order valence-corrected chi connectivity index (χ1v) is 7.03. The Morgan fingerprint density at radius 2 is 2.15 bits per heavy atom. The first kappa shape index (κ1) is 14.7. The molecule has 0 spiro atoms. The third kappa shape index (κ3) is 3.87. The Morgan fingerprint density at radius 3 is 2.85 bits per heavy atom. The maximum Gasteiger partial charge on any atom is 0.161 e. The van der Waals surface area contributed by atoms with Crippen LogP contribution in [-0.4, -0.2) is 44.1 Å². The molecule has 0 bridgehead atoms. The van der Waals surface area contributed by atoms with E-state index in [9.17, 15) is 0 Å². The van der Waals surface area contributed by atoms with Gasteiger partial charge in [-0.25, -0.2) is 0 Å². The lowest BCUT2D eigenvalue weighted by molar-refractivity contribution is 0.165. The predicted molar refractivity (Wildman–Crippen MR) is 79.6 cm³/mol. The molecule has 1 aromatic rings. The van der Waals surface area contributed by atoms with Crippen molar-refractivity contribution in [3.8, 4) is 11.5 Å². The van der Waals surface area contributed by atoms with Crippen LogP contribution in [0, 0.1) is 11.3 Å². The molecule has 3 N–H and O–H groups in total. The molecule has 1 heterocycles. The number of rotatable bonds is 6. The molecule has 0 aromatic heterocycles. The van der Waals surface area contributed by atoms with Gasteiger partial charge in [0.2, 0.25) is 0 Å². The largest absolute Gasteiger partial charge is 0.493 e. The van der Waals surface area contributed by atoms with Gasteiger partial charge in [0.05, 0.1) is 12.9 Å². The van der Waals surface area contributed by atoms with Gasteiger partial charge >= 0.3 is 0 Å². The second-order valence-corrected chi connectivity index (χ2v) is 5.09. The average Bonchev–Trinajstić information content (AvgIpc) is 2.48. The monoisotopic (exact) mass is 277 g/mol. The smallest absolute Gasteiger partial charge is 0.161 e. The Labute approximate surface area is 120 Å². The summed E-state index contributed by atoms with van der Waals surface area (Å²) in [6, 6.07) is 7.66. The first-order chi connectivity index (χ1) is 9.70. The first-order valence-electron chi connectivity index (χ1n) is 7.03. The van der Waals surface area contributed by atoms with Crippen LogP contribution >= 0.6 is 0 Å². The zero-order valence-corrected chi connectivity index (χ0v) is 12.0. The molecule has 0 saturated carbocycles. The van der Waals surface area contributed by atoms with Crippen LogP contribution in [0.4, 0.5) is 0 Å². The van der Waals surface area contributed by atoms with Crippen LogP contribution in [0.5, 0.6) is 11.5 Å². The number of hydrogen-bond acceptors (Lipinski definition) is 4. The number of likely N-dealkylation sites (tertiary alicyclic amines) is 1. The Hall–Kier alpha value is -1.75. The minimum Gasteiger partial charge on any atom is -0.493 e. The van der Waals surface area contributed by atoms with Crippen molar-refractivity contribution >= 4 is 5.84 Å². The molecule has 110 valence electrons. The normalized spacial score (nSPS) is 19.6.